The number of anilines is 1. The van der Waals surface area contributed by atoms with Crippen molar-refractivity contribution in [3.63, 3.8) is 0 Å². The van der Waals surface area contributed by atoms with Gasteiger partial charge in [-0.15, -0.1) is 11.8 Å². The first-order chi connectivity index (χ1) is 9.05. The summed E-state index contributed by atoms with van der Waals surface area (Å²) in [5.41, 5.74) is 1.61. The first kappa shape index (κ1) is 14.2. The molecule has 19 heavy (non-hydrogen) atoms. The van der Waals surface area contributed by atoms with E-state index in [1.54, 1.807) is 11.8 Å². The Morgan fingerprint density at radius 1 is 1.47 bits per heavy atom. The third-order valence-electron chi connectivity index (χ3n) is 3.41. The molecule has 1 aromatic carbocycles. The molecule has 1 N–H and O–H groups in total. The van der Waals surface area contributed by atoms with Crippen molar-refractivity contribution in [1.82, 2.24) is 0 Å². The summed E-state index contributed by atoms with van der Waals surface area (Å²) in [6, 6.07) is 8.65. The van der Waals surface area contributed by atoms with Crippen LogP contribution in [-0.2, 0) is 4.74 Å². The van der Waals surface area contributed by atoms with E-state index in [2.05, 4.69) is 25.2 Å². The highest BCUT2D eigenvalue weighted by atomic mass is 32.2. The topological polar surface area (TPSA) is 45.0 Å². The maximum Gasteiger partial charge on any atom is 0.102 e. The van der Waals surface area contributed by atoms with E-state index in [0.717, 1.165) is 35.6 Å². The van der Waals surface area contributed by atoms with Gasteiger partial charge in [-0.25, -0.2) is 0 Å². The molecule has 4 heteroatoms. The van der Waals surface area contributed by atoms with E-state index >= 15 is 0 Å². The van der Waals surface area contributed by atoms with E-state index in [9.17, 15) is 5.26 Å². The Kier molecular flexibility index (Phi) is 4.38. The van der Waals surface area contributed by atoms with Crippen molar-refractivity contribution in [2.24, 2.45) is 0 Å². The standard InChI is InChI=1S/C15H20N2OS/c1-15(2)9-11(7-8-18-15)17-13-5-4-6-14(19-3)12(13)10-16/h4-6,11,17H,7-9H2,1-3H3. The monoisotopic (exact) mass is 276 g/mol. The molecule has 0 amide bonds. The molecule has 1 saturated heterocycles. The molecule has 0 radical (unpaired) electrons. The molecule has 2 rings (SSSR count). The van der Waals surface area contributed by atoms with Crippen molar-refractivity contribution in [3.8, 4) is 6.07 Å². The van der Waals surface area contributed by atoms with Crippen LogP contribution < -0.4 is 5.32 Å². The number of thioether (sulfide) groups is 1. The van der Waals surface area contributed by atoms with Crippen LogP contribution in [0.15, 0.2) is 23.1 Å². The van der Waals surface area contributed by atoms with E-state index < -0.39 is 0 Å². The average Bonchev–Trinajstić information content (AvgIpc) is 2.37. The quantitative estimate of drug-likeness (QED) is 0.856. The van der Waals surface area contributed by atoms with Crippen LogP contribution in [0.25, 0.3) is 0 Å². The predicted octanol–water partition coefficient (Wildman–Crippen LogP) is 3.65. The minimum absolute atomic E-state index is 0.0835. The maximum atomic E-state index is 9.33. The second kappa shape index (κ2) is 5.85. The lowest BCUT2D eigenvalue weighted by atomic mass is 9.93. The molecule has 1 atom stereocenters. The molecule has 1 fully saturated rings. The Morgan fingerprint density at radius 3 is 2.89 bits per heavy atom. The van der Waals surface area contributed by atoms with E-state index in [1.165, 1.54) is 0 Å². The molecule has 3 nitrogen and oxygen atoms in total. The number of ether oxygens (including phenoxy) is 1. The molecule has 0 saturated carbocycles. The van der Waals surface area contributed by atoms with E-state index in [-0.39, 0.29) is 5.60 Å². The van der Waals surface area contributed by atoms with Gasteiger partial charge in [-0.05, 0) is 45.1 Å². The first-order valence-corrected chi connectivity index (χ1v) is 7.76. The fourth-order valence-electron chi connectivity index (χ4n) is 2.51. The molecular weight excluding hydrogens is 256 g/mol. The van der Waals surface area contributed by atoms with E-state index in [1.807, 2.05) is 24.5 Å². The molecule has 1 aliphatic heterocycles. The summed E-state index contributed by atoms with van der Waals surface area (Å²) in [4.78, 5) is 1.03. The van der Waals surface area contributed by atoms with Gasteiger partial charge in [-0.1, -0.05) is 6.07 Å². The van der Waals surface area contributed by atoms with Crippen LogP contribution in [0, 0.1) is 11.3 Å². The molecule has 0 aromatic heterocycles. The Hall–Kier alpha value is -1.18. The van der Waals surface area contributed by atoms with Gasteiger partial charge in [-0.2, -0.15) is 5.26 Å². The number of rotatable bonds is 3. The predicted molar refractivity (Wildman–Crippen MR) is 79.6 cm³/mol. The van der Waals surface area contributed by atoms with Crippen LogP contribution in [0.4, 0.5) is 5.69 Å². The van der Waals surface area contributed by atoms with E-state index in [0.29, 0.717) is 6.04 Å². The molecule has 102 valence electrons. The van der Waals surface area contributed by atoms with Crippen molar-refractivity contribution in [3.05, 3.63) is 23.8 Å². The largest absolute Gasteiger partial charge is 0.381 e. The van der Waals surface area contributed by atoms with Gasteiger partial charge in [0, 0.05) is 17.5 Å². The Labute approximate surface area is 119 Å². The minimum atomic E-state index is -0.0835. The van der Waals surface area contributed by atoms with Crippen molar-refractivity contribution >= 4 is 17.4 Å². The van der Waals surface area contributed by atoms with Gasteiger partial charge in [0.2, 0.25) is 0 Å². The number of hydrogen-bond acceptors (Lipinski definition) is 4. The molecular formula is C15H20N2OS. The SMILES string of the molecule is CSc1cccc(NC2CCOC(C)(C)C2)c1C#N. The molecule has 0 spiro atoms. The Balaban J connectivity index is 2.17. The molecule has 1 unspecified atom stereocenters. The van der Waals surface area contributed by atoms with Crippen molar-refractivity contribution < 1.29 is 4.74 Å². The lowest BCUT2D eigenvalue weighted by Gasteiger charge is -2.36. The fourth-order valence-corrected chi connectivity index (χ4v) is 3.09. The zero-order valence-corrected chi connectivity index (χ0v) is 12.5. The van der Waals surface area contributed by atoms with E-state index in [4.69, 9.17) is 4.74 Å². The van der Waals surface area contributed by atoms with Crippen LogP contribution in [0.5, 0.6) is 0 Å². The highest BCUT2D eigenvalue weighted by Crippen LogP contribution is 2.30. The Bertz CT molecular complexity index is 493. The highest BCUT2D eigenvalue weighted by Gasteiger charge is 2.29. The van der Waals surface area contributed by atoms with Crippen molar-refractivity contribution in [1.29, 1.82) is 5.26 Å². The third kappa shape index (κ3) is 3.43. The second-order valence-electron chi connectivity index (χ2n) is 5.44. The number of nitrogens with zero attached hydrogens (tertiary/aromatic N) is 1. The molecule has 1 aliphatic rings. The van der Waals surface area contributed by atoms with Gasteiger partial charge >= 0.3 is 0 Å². The van der Waals surface area contributed by atoms with Crippen molar-refractivity contribution in [2.45, 2.75) is 43.2 Å². The van der Waals surface area contributed by atoms with Gasteiger partial charge in [-0.3, -0.25) is 0 Å². The second-order valence-corrected chi connectivity index (χ2v) is 6.28. The number of hydrogen-bond donors (Lipinski definition) is 1. The molecule has 1 heterocycles. The van der Waals surface area contributed by atoms with Gasteiger partial charge in [0.25, 0.3) is 0 Å². The summed E-state index contributed by atoms with van der Waals surface area (Å²) < 4.78 is 5.73. The molecule has 1 aromatic rings. The normalized spacial score (nSPS) is 21.7. The number of benzene rings is 1. The van der Waals surface area contributed by atoms with Crippen LogP contribution in [-0.4, -0.2) is 24.5 Å². The summed E-state index contributed by atoms with van der Waals surface area (Å²) in [6.45, 7) is 5.00. The third-order valence-corrected chi connectivity index (χ3v) is 4.19. The van der Waals surface area contributed by atoms with Gasteiger partial charge in [0.1, 0.15) is 6.07 Å². The smallest absolute Gasteiger partial charge is 0.102 e. The summed E-state index contributed by atoms with van der Waals surface area (Å²) >= 11 is 1.61. The summed E-state index contributed by atoms with van der Waals surface area (Å²) in [7, 11) is 0. The molecule has 0 aliphatic carbocycles. The van der Waals surface area contributed by atoms with Crippen molar-refractivity contribution in [2.75, 3.05) is 18.2 Å². The summed E-state index contributed by atoms with van der Waals surface area (Å²) in [5.74, 6) is 0. The van der Waals surface area contributed by atoms with Gasteiger partial charge < -0.3 is 10.1 Å². The lowest BCUT2D eigenvalue weighted by molar-refractivity contribution is -0.0553. The fraction of sp³-hybridized carbons (Fsp3) is 0.533. The van der Waals surface area contributed by atoms with Crippen LogP contribution in [0.2, 0.25) is 0 Å². The number of nitrogens with one attached hydrogen (secondary N) is 1. The number of nitriles is 1. The minimum Gasteiger partial charge on any atom is -0.381 e. The van der Waals surface area contributed by atoms with Gasteiger partial charge in [0.15, 0.2) is 0 Å². The maximum absolute atomic E-state index is 9.33. The summed E-state index contributed by atoms with van der Waals surface area (Å²) in [5, 5.41) is 12.8. The zero-order chi connectivity index (χ0) is 13.9. The first-order valence-electron chi connectivity index (χ1n) is 6.53. The average molecular weight is 276 g/mol. The van der Waals surface area contributed by atoms with Crippen LogP contribution >= 0.6 is 11.8 Å². The lowest BCUT2D eigenvalue weighted by Crippen LogP contribution is -2.40. The zero-order valence-electron chi connectivity index (χ0n) is 11.7. The summed E-state index contributed by atoms with van der Waals surface area (Å²) in [6.07, 6.45) is 3.94. The molecule has 0 bridgehead atoms. The Morgan fingerprint density at radius 2 is 2.26 bits per heavy atom. The van der Waals surface area contributed by atoms with Crippen LogP contribution in [0.3, 0.4) is 0 Å². The van der Waals surface area contributed by atoms with Gasteiger partial charge in [0.05, 0.1) is 16.9 Å². The van der Waals surface area contributed by atoms with Crippen LogP contribution in [0.1, 0.15) is 32.3 Å². The highest BCUT2D eigenvalue weighted by molar-refractivity contribution is 7.98.